The van der Waals surface area contributed by atoms with Crippen LogP contribution in [0.4, 0.5) is 0 Å². The van der Waals surface area contributed by atoms with Crippen LogP contribution in [-0.2, 0) is 11.8 Å². The van der Waals surface area contributed by atoms with Crippen molar-refractivity contribution in [3.05, 3.63) is 16.4 Å². The molecule has 2 N–H and O–H groups in total. The maximum absolute atomic E-state index is 12.0. The van der Waals surface area contributed by atoms with Crippen molar-refractivity contribution in [2.45, 2.75) is 39.2 Å². The molecule has 1 amide bonds. The first kappa shape index (κ1) is 15.5. The Morgan fingerprint density at radius 3 is 2.58 bits per heavy atom. The van der Waals surface area contributed by atoms with E-state index < -0.39 is 17.9 Å². The van der Waals surface area contributed by atoms with Gasteiger partial charge >= 0.3 is 5.97 Å². The summed E-state index contributed by atoms with van der Waals surface area (Å²) in [5.74, 6) is -1.61. The number of carbonyl (C=O) groups is 2. The molecule has 0 spiro atoms. The fraction of sp³-hybridized carbons (Fsp3) is 0.583. The third-order valence-corrected chi connectivity index (χ3v) is 3.38. The van der Waals surface area contributed by atoms with Crippen LogP contribution in [0.25, 0.3) is 0 Å². The monoisotopic (exact) mass is 287 g/mol. The van der Waals surface area contributed by atoms with E-state index in [4.69, 9.17) is 16.7 Å². The van der Waals surface area contributed by atoms with Crippen LogP contribution < -0.4 is 5.32 Å². The van der Waals surface area contributed by atoms with Crippen LogP contribution in [0.15, 0.2) is 0 Å². The molecule has 1 rings (SSSR count). The molecule has 1 atom stereocenters. The standard InChI is InChI=1S/C12H18ClN3O3/c1-4-5-6-8(12(18)19)14-11(17)10-9(13)7(2)16(3)15-10/h8H,4-6H2,1-3H3,(H,14,17)(H,18,19)/t8-/m0/s1. The number of carboxylic acid groups (broad SMARTS) is 1. The van der Waals surface area contributed by atoms with Gasteiger partial charge in [0.05, 0.1) is 10.7 Å². The lowest BCUT2D eigenvalue weighted by molar-refractivity contribution is -0.139. The van der Waals surface area contributed by atoms with Crippen LogP contribution in [-0.4, -0.2) is 32.8 Å². The van der Waals surface area contributed by atoms with Gasteiger partial charge in [-0.25, -0.2) is 4.79 Å². The summed E-state index contributed by atoms with van der Waals surface area (Å²) in [4.78, 5) is 23.0. The van der Waals surface area contributed by atoms with Crippen LogP contribution in [0.2, 0.25) is 5.02 Å². The number of unbranched alkanes of at least 4 members (excludes halogenated alkanes) is 1. The first-order valence-electron chi connectivity index (χ1n) is 6.11. The van der Waals surface area contributed by atoms with Crippen molar-refractivity contribution in [3.8, 4) is 0 Å². The average molecular weight is 288 g/mol. The molecule has 19 heavy (non-hydrogen) atoms. The number of rotatable bonds is 6. The van der Waals surface area contributed by atoms with Gasteiger partial charge in [0.1, 0.15) is 6.04 Å². The van der Waals surface area contributed by atoms with E-state index in [0.29, 0.717) is 12.1 Å². The molecule has 0 unspecified atom stereocenters. The Kier molecular flexibility index (Phi) is 5.35. The van der Waals surface area contributed by atoms with Gasteiger partial charge in [-0.3, -0.25) is 9.48 Å². The summed E-state index contributed by atoms with van der Waals surface area (Å²) in [6.07, 6.45) is 1.98. The number of hydrogen-bond donors (Lipinski definition) is 2. The third-order valence-electron chi connectivity index (χ3n) is 2.93. The number of hydrogen-bond acceptors (Lipinski definition) is 3. The van der Waals surface area contributed by atoms with Gasteiger partial charge in [0.15, 0.2) is 5.69 Å². The van der Waals surface area contributed by atoms with Crippen molar-refractivity contribution in [2.75, 3.05) is 0 Å². The largest absolute Gasteiger partial charge is 0.480 e. The van der Waals surface area contributed by atoms with Gasteiger partial charge in [-0.05, 0) is 13.3 Å². The minimum absolute atomic E-state index is 0.0596. The second-order valence-electron chi connectivity index (χ2n) is 4.38. The molecular formula is C12H18ClN3O3. The highest BCUT2D eigenvalue weighted by molar-refractivity contribution is 6.34. The number of halogens is 1. The van der Waals surface area contributed by atoms with Gasteiger partial charge in [-0.2, -0.15) is 5.10 Å². The Hall–Kier alpha value is -1.56. The topological polar surface area (TPSA) is 84.2 Å². The number of aromatic nitrogens is 2. The molecule has 0 bridgehead atoms. The van der Waals surface area contributed by atoms with Gasteiger partial charge in [-0.1, -0.05) is 31.4 Å². The molecule has 0 saturated carbocycles. The minimum Gasteiger partial charge on any atom is -0.480 e. The normalized spacial score (nSPS) is 12.2. The number of carboxylic acids is 1. The van der Waals surface area contributed by atoms with E-state index in [0.717, 1.165) is 12.8 Å². The molecule has 0 radical (unpaired) electrons. The van der Waals surface area contributed by atoms with Crippen molar-refractivity contribution in [3.63, 3.8) is 0 Å². The van der Waals surface area contributed by atoms with Gasteiger partial charge < -0.3 is 10.4 Å². The predicted octanol–water partition coefficient (Wildman–Crippen LogP) is 1.76. The molecule has 0 aliphatic carbocycles. The lowest BCUT2D eigenvalue weighted by Gasteiger charge is -2.13. The van der Waals surface area contributed by atoms with Gasteiger partial charge in [0, 0.05) is 7.05 Å². The molecule has 1 aromatic heterocycles. The van der Waals surface area contributed by atoms with Crippen LogP contribution in [0.3, 0.4) is 0 Å². The lowest BCUT2D eigenvalue weighted by Crippen LogP contribution is -2.41. The molecule has 0 aromatic carbocycles. The number of amides is 1. The van der Waals surface area contributed by atoms with E-state index in [2.05, 4.69) is 10.4 Å². The molecule has 0 saturated heterocycles. The number of nitrogens with zero attached hydrogens (tertiary/aromatic N) is 2. The predicted molar refractivity (Wildman–Crippen MR) is 71.4 cm³/mol. The zero-order chi connectivity index (χ0) is 14.6. The third kappa shape index (κ3) is 3.70. The van der Waals surface area contributed by atoms with Crippen molar-refractivity contribution >= 4 is 23.5 Å². The Balaban J connectivity index is 2.81. The maximum Gasteiger partial charge on any atom is 0.326 e. The second-order valence-corrected chi connectivity index (χ2v) is 4.76. The molecule has 0 fully saturated rings. The number of aliphatic carboxylic acids is 1. The van der Waals surface area contributed by atoms with Crippen molar-refractivity contribution < 1.29 is 14.7 Å². The first-order chi connectivity index (χ1) is 8.88. The Morgan fingerprint density at radius 2 is 2.16 bits per heavy atom. The molecule has 0 aliphatic rings. The zero-order valence-corrected chi connectivity index (χ0v) is 12.0. The molecule has 6 nitrogen and oxygen atoms in total. The molecule has 106 valence electrons. The highest BCUT2D eigenvalue weighted by Crippen LogP contribution is 2.19. The van der Waals surface area contributed by atoms with Crippen LogP contribution in [0, 0.1) is 6.92 Å². The molecule has 0 aliphatic heterocycles. The van der Waals surface area contributed by atoms with E-state index >= 15 is 0 Å². The highest BCUT2D eigenvalue weighted by Gasteiger charge is 2.24. The van der Waals surface area contributed by atoms with E-state index in [9.17, 15) is 9.59 Å². The smallest absolute Gasteiger partial charge is 0.326 e. The lowest BCUT2D eigenvalue weighted by atomic mass is 10.1. The SMILES string of the molecule is CCCC[C@H](NC(=O)c1nn(C)c(C)c1Cl)C(=O)O. The van der Waals surface area contributed by atoms with Gasteiger partial charge in [0.2, 0.25) is 0 Å². The maximum atomic E-state index is 12.0. The minimum atomic E-state index is -1.05. The summed E-state index contributed by atoms with van der Waals surface area (Å²) >= 11 is 5.98. The summed E-state index contributed by atoms with van der Waals surface area (Å²) < 4.78 is 1.49. The van der Waals surface area contributed by atoms with Gasteiger partial charge in [-0.15, -0.1) is 0 Å². The first-order valence-corrected chi connectivity index (χ1v) is 6.49. The van der Waals surface area contributed by atoms with E-state index in [-0.39, 0.29) is 10.7 Å². The quantitative estimate of drug-likeness (QED) is 0.835. The van der Waals surface area contributed by atoms with Crippen LogP contribution in [0.5, 0.6) is 0 Å². The number of carbonyl (C=O) groups excluding carboxylic acids is 1. The Labute approximate surface area is 116 Å². The molecule has 1 aromatic rings. The summed E-state index contributed by atoms with van der Waals surface area (Å²) in [5.41, 5.74) is 0.719. The summed E-state index contributed by atoms with van der Waals surface area (Å²) in [5, 5.41) is 15.7. The van der Waals surface area contributed by atoms with Crippen LogP contribution >= 0.6 is 11.6 Å². The Bertz CT molecular complexity index is 485. The van der Waals surface area contributed by atoms with E-state index in [1.807, 2.05) is 6.92 Å². The molecule has 1 heterocycles. The van der Waals surface area contributed by atoms with E-state index in [1.54, 1.807) is 14.0 Å². The Morgan fingerprint density at radius 1 is 1.53 bits per heavy atom. The van der Waals surface area contributed by atoms with Crippen LogP contribution in [0.1, 0.15) is 42.4 Å². The summed E-state index contributed by atoms with van der Waals surface area (Å²) in [6.45, 7) is 3.69. The second kappa shape index (κ2) is 6.56. The fourth-order valence-corrected chi connectivity index (χ4v) is 1.87. The van der Waals surface area contributed by atoms with Crippen molar-refractivity contribution in [1.29, 1.82) is 0 Å². The molecule has 7 heteroatoms. The molecular weight excluding hydrogens is 270 g/mol. The van der Waals surface area contributed by atoms with E-state index in [1.165, 1.54) is 4.68 Å². The average Bonchev–Trinajstić information content (AvgIpc) is 2.61. The number of aryl methyl sites for hydroxylation is 1. The van der Waals surface area contributed by atoms with Crippen molar-refractivity contribution in [2.24, 2.45) is 7.05 Å². The fourth-order valence-electron chi connectivity index (χ4n) is 1.62. The number of nitrogens with one attached hydrogen (secondary N) is 1. The zero-order valence-electron chi connectivity index (χ0n) is 11.2. The van der Waals surface area contributed by atoms with Gasteiger partial charge in [0.25, 0.3) is 5.91 Å². The summed E-state index contributed by atoms with van der Waals surface area (Å²) in [7, 11) is 1.67. The summed E-state index contributed by atoms with van der Waals surface area (Å²) in [6, 6.07) is -0.911. The van der Waals surface area contributed by atoms with Crippen molar-refractivity contribution in [1.82, 2.24) is 15.1 Å². The highest BCUT2D eigenvalue weighted by atomic mass is 35.5.